The van der Waals surface area contributed by atoms with Crippen LogP contribution in [0.3, 0.4) is 0 Å². The minimum absolute atomic E-state index is 0.0611. The highest BCUT2D eigenvalue weighted by Gasteiger charge is 2.53. The Hall–Kier alpha value is -4.59. The van der Waals surface area contributed by atoms with Gasteiger partial charge in [0.2, 0.25) is 5.90 Å². The van der Waals surface area contributed by atoms with Gasteiger partial charge in [-0.1, -0.05) is 65.8 Å². The number of nitrogens with one attached hydrogen (secondary N) is 1. The molecular weight excluding hydrogens is 494 g/mol. The number of carbonyl (C=O) groups is 1. The Morgan fingerprint density at radius 3 is 2.54 bits per heavy atom. The van der Waals surface area contributed by atoms with Crippen molar-refractivity contribution in [2.45, 2.75) is 31.0 Å². The Bertz CT molecular complexity index is 1350. The summed E-state index contributed by atoms with van der Waals surface area (Å²) in [7, 11) is 0. The molecule has 0 saturated heterocycles. The maximum Gasteiger partial charge on any atom is 0.252 e. The van der Waals surface area contributed by atoms with Crippen LogP contribution in [-0.4, -0.2) is 42.2 Å². The second-order valence-corrected chi connectivity index (χ2v) is 9.03. The fourth-order valence-corrected chi connectivity index (χ4v) is 4.51. The van der Waals surface area contributed by atoms with Gasteiger partial charge in [0.1, 0.15) is 5.75 Å². The van der Waals surface area contributed by atoms with Crippen LogP contribution < -0.4 is 10.1 Å². The minimum atomic E-state index is -1.34. The molecule has 0 radical (unpaired) electrons. The SMILES string of the molecule is C=CCNC(=O)[C@]1(Cc2ccccc2CN=[N+]=[N-])N=C(c2ccc(OCCCO)cc2)O[C@@H]1c1ccccc1. The van der Waals surface area contributed by atoms with Gasteiger partial charge in [0.25, 0.3) is 5.91 Å². The van der Waals surface area contributed by atoms with E-state index >= 15 is 0 Å². The third kappa shape index (κ3) is 6.46. The molecular formula is C30H31N5O4. The average molecular weight is 526 g/mol. The zero-order valence-electron chi connectivity index (χ0n) is 21.6. The molecule has 39 heavy (non-hydrogen) atoms. The first-order chi connectivity index (χ1) is 19.1. The molecule has 1 heterocycles. The lowest BCUT2D eigenvalue weighted by atomic mass is 9.81. The van der Waals surface area contributed by atoms with E-state index in [-0.39, 0.29) is 32.0 Å². The van der Waals surface area contributed by atoms with Gasteiger partial charge in [0.05, 0.1) is 13.2 Å². The van der Waals surface area contributed by atoms with Crippen molar-refractivity contribution in [2.24, 2.45) is 10.1 Å². The first-order valence-electron chi connectivity index (χ1n) is 12.7. The van der Waals surface area contributed by atoms with Gasteiger partial charge in [0, 0.05) is 36.5 Å². The van der Waals surface area contributed by atoms with Crippen molar-refractivity contribution in [1.82, 2.24) is 5.32 Å². The third-order valence-electron chi connectivity index (χ3n) is 6.42. The lowest BCUT2D eigenvalue weighted by Gasteiger charge is -2.31. The number of hydrogen-bond donors (Lipinski definition) is 2. The molecule has 9 heteroatoms. The van der Waals surface area contributed by atoms with Crippen molar-refractivity contribution in [3.05, 3.63) is 124 Å². The Balaban J connectivity index is 1.79. The number of nitrogens with zero attached hydrogens (tertiary/aromatic N) is 4. The van der Waals surface area contributed by atoms with E-state index < -0.39 is 11.6 Å². The molecule has 0 fully saturated rings. The van der Waals surface area contributed by atoms with Crippen molar-refractivity contribution in [3.63, 3.8) is 0 Å². The van der Waals surface area contributed by atoms with Gasteiger partial charge in [-0.25, -0.2) is 4.99 Å². The van der Waals surface area contributed by atoms with E-state index in [9.17, 15) is 4.79 Å². The Labute approximate surface area is 227 Å². The molecule has 0 spiro atoms. The summed E-state index contributed by atoms with van der Waals surface area (Å²) in [5.41, 5.74) is 10.7. The smallest absolute Gasteiger partial charge is 0.252 e. The molecule has 2 N–H and O–H groups in total. The van der Waals surface area contributed by atoms with Crippen molar-refractivity contribution < 1.29 is 19.4 Å². The van der Waals surface area contributed by atoms with E-state index in [0.29, 0.717) is 30.2 Å². The number of azide groups is 1. The lowest BCUT2D eigenvalue weighted by Crippen LogP contribution is -2.50. The third-order valence-corrected chi connectivity index (χ3v) is 6.42. The molecule has 0 unspecified atom stereocenters. The molecule has 3 aromatic rings. The van der Waals surface area contributed by atoms with Gasteiger partial charge in [-0.3, -0.25) is 4.79 Å². The van der Waals surface area contributed by atoms with Crippen molar-refractivity contribution in [1.29, 1.82) is 0 Å². The van der Waals surface area contributed by atoms with Gasteiger partial charge in [-0.05, 0) is 46.5 Å². The van der Waals surface area contributed by atoms with E-state index in [1.54, 1.807) is 6.08 Å². The monoisotopic (exact) mass is 525 g/mol. The van der Waals surface area contributed by atoms with Gasteiger partial charge < -0.3 is 19.9 Å². The summed E-state index contributed by atoms with van der Waals surface area (Å²) in [6.07, 6.45) is 1.67. The molecule has 200 valence electrons. The summed E-state index contributed by atoms with van der Waals surface area (Å²) in [6.45, 7) is 4.63. The number of amides is 1. The van der Waals surface area contributed by atoms with Crippen LogP contribution in [0.25, 0.3) is 10.4 Å². The topological polar surface area (TPSA) is 129 Å². The fraction of sp³-hybridized carbons (Fsp3) is 0.267. The highest BCUT2D eigenvalue weighted by molar-refractivity contribution is 6.01. The van der Waals surface area contributed by atoms with Gasteiger partial charge >= 0.3 is 0 Å². The molecule has 4 rings (SSSR count). The number of aliphatic hydroxyl groups is 1. The molecule has 1 aliphatic rings. The molecule has 9 nitrogen and oxygen atoms in total. The predicted octanol–water partition coefficient (Wildman–Crippen LogP) is 5.06. The molecule has 1 amide bonds. The van der Waals surface area contributed by atoms with Crippen LogP contribution in [0.5, 0.6) is 5.75 Å². The second-order valence-electron chi connectivity index (χ2n) is 9.03. The summed E-state index contributed by atoms with van der Waals surface area (Å²) < 4.78 is 12.1. The first-order valence-corrected chi connectivity index (χ1v) is 12.7. The normalized spacial score (nSPS) is 17.9. The molecule has 0 aromatic heterocycles. The number of carbonyl (C=O) groups excluding carboxylic acids is 1. The second kappa shape index (κ2) is 13.3. The standard InChI is InChI=1S/C30H31N5O4/c1-2-17-32-29(37)30(20-24-11-6-7-12-25(24)21-33-35-31)27(22-9-4-3-5-10-22)39-28(34-30)23-13-15-26(16-14-23)38-19-8-18-36/h2-7,9-16,27,36H,1,8,17-21H2,(H,32,37)/t27-,30-/m1/s1. The zero-order chi connectivity index (χ0) is 27.5. The fourth-order valence-electron chi connectivity index (χ4n) is 4.51. The van der Waals surface area contributed by atoms with Crippen molar-refractivity contribution >= 4 is 11.8 Å². The number of ether oxygens (including phenoxy) is 2. The Morgan fingerprint density at radius 1 is 1.13 bits per heavy atom. The van der Waals surface area contributed by atoms with Gasteiger partial charge in [-0.15, -0.1) is 6.58 Å². The van der Waals surface area contributed by atoms with Crippen molar-refractivity contribution in [2.75, 3.05) is 19.8 Å². The number of benzene rings is 3. The van der Waals surface area contributed by atoms with E-state index in [1.807, 2.05) is 78.9 Å². The summed E-state index contributed by atoms with van der Waals surface area (Å²) in [5, 5.41) is 15.7. The van der Waals surface area contributed by atoms with Crippen LogP contribution >= 0.6 is 0 Å². The van der Waals surface area contributed by atoms with E-state index in [2.05, 4.69) is 21.9 Å². The number of rotatable bonds is 13. The van der Waals surface area contributed by atoms with Crippen LogP contribution in [0.1, 0.15) is 34.8 Å². The van der Waals surface area contributed by atoms with Gasteiger partial charge in [0.15, 0.2) is 11.6 Å². The van der Waals surface area contributed by atoms with Crippen molar-refractivity contribution in [3.8, 4) is 5.75 Å². The molecule has 0 aliphatic carbocycles. The summed E-state index contributed by atoms with van der Waals surface area (Å²) >= 11 is 0. The van der Waals surface area contributed by atoms with Crippen LogP contribution in [-0.2, 0) is 22.5 Å². The molecule has 0 saturated carbocycles. The average Bonchev–Trinajstić information content (AvgIpc) is 3.37. The lowest BCUT2D eigenvalue weighted by molar-refractivity contribution is -0.128. The van der Waals surface area contributed by atoms with E-state index in [1.165, 1.54) is 0 Å². The molecule has 2 atom stereocenters. The molecule has 3 aromatic carbocycles. The quantitative estimate of drug-likeness (QED) is 0.106. The van der Waals surface area contributed by atoms with Crippen LogP contribution in [0.4, 0.5) is 0 Å². The Morgan fingerprint density at radius 2 is 1.85 bits per heavy atom. The number of aliphatic imine (C=N–C) groups is 1. The summed E-state index contributed by atoms with van der Waals surface area (Å²) in [6, 6.07) is 24.4. The highest BCUT2D eigenvalue weighted by atomic mass is 16.5. The van der Waals surface area contributed by atoms with Crippen LogP contribution in [0.15, 0.2) is 102 Å². The van der Waals surface area contributed by atoms with Crippen LogP contribution in [0, 0.1) is 0 Å². The minimum Gasteiger partial charge on any atom is -0.494 e. The van der Waals surface area contributed by atoms with Gasteiger partial charge in [-0.2, -0.15) is 0 Å². The van der Waals surface area contributed by atoms with Crippen LogP contribution in [0.2, 0.25) is 0 Å². The molecule has 0 bridgehead atoms. The number of hydrogen-bond acceptors (Lipinski definition) is 6. The maximum atomic E-state index is 13.9. The Kier molecular flexibility index (Phi) is 9.34. The first kappa shape index (κ1) is 27.4. The molecule has 1 aliphatic heterocycles. The highest BCUT2D eigenvalue weighted by Crippen LogP contribution is 2.43. The zero-order valence-corrected chi connectivity index (χ0v) is 21.6. The predicted molar refractivity (Wildman–Crippen MR) is 149 cm³/mol. The van der Waals surface area contributed by atoms with E-state index in [4.69, 9.17) is 25.1 Å². The maximum absolute atomic E-state index is 13.9. The largest absolute Gasteiger partial charge is 0.494 e. The summed E-state index contributed by atoms with van der Waals surface area (Å²) in [5.74, 6) is 0.702. The van der Waals surface area contributed by atoms with E-state index in [0.717, 1.165) is 16.7 Å². The number of aliphatic hydroxyl groups excluding tert-OH is 1. The summed E-state index contributed by atoms with van der Waals surface area (Å²) in [4.78, 5) is 21.8.